The summed E-state index contributed by atoms with van der Waals surface area (Å²) >= 11 is 1.85. The molecular weight excluding hydrogens is 234 g/mol. The molecule has 1 aromatic rings. The minimum atomic E-state index is -3.72. The predicted octanol–water partition coefficient (Wildman–Crippen LogP) is 1.66. The van der Waals surface area contributed by atoms with Gasteiger partial charge in [0.2, 0.25) is 0 Å². The van der Waals surface area contributed by atoms with Crippen molar-refractivity contribution >= 4 is 29.1 Å². The van der Waals surface area contributed by atoms with E-state index in [1.165, 1.54) is 0 Å². The number of halogens is 2. The molecule has 0 amide bonds. The Morgan fingerprint density at radius 1 is 1.64 bits per heavy atom. The van der Waals surface area contributed by atoms with Crippen LogP contribution in [0.15, 0.2) is 4.34 Å². The third-order valence-electron chi connectivity index (χ3n) is 1.20. The maximum Gasteiger partial charge on any atom is 0.375 e. The second kappa shape index (κ2) is 4.18. The molecule has 0 aliphatic heterocycles. The van der Waals surface area contributed by atoms with Gasteiger partial charge in [-0.2, -0.15) is 8.78 Å². The molecular formula is C6H6F2N2O2S2. The van der Waals surface area contributed by atoms with Crippen LogP contribution >= 0.6 is 23.1 Å². The summed E-state index contributed by atoms with van der Waals surface area (Å²) in [4.78, 5) is 10.1. The van der Waals surface area contributed by atoms with Crippen molar-refractivity contribution in [3.05, 3.63) is 5.01 Å². The van der Waals surface area contributed by atoms with Gasteiger partial charge in [0.15, 0.2) is 4.34 Å². The Balaban J connectivity index is 2.52. The minimum absolute atomic E-state index is 0.350. The van der Waals surface area contributed by atoms with Gasteiger partial charge in [-0.1, -0.05) is 23.1 Å². The van der Waals surface area contributed by atoms with Gasteiger partial charge in [-0.15, -0.1) is 10.2 Å². The molecule has 78 valence electrons. The molecule has 1 aromatic heterocycles. The summed E-state index contributed by atoms with van der Waals surface area (Å²) in [5, 5.41) is 16.0. The Labute approximate surface area is 86.3 Å². The van der Waals surface area contributed by atoms with Crippen molar-refractivity contribution in [2.75, 3.05) is 5.75 Å². The van der Waals surface area contributed by atoms with Gasteiger partial charge >= 0.3 is 11.9 Å². The molecule has 0 saturated heterocycles. The van der Waals surface area contributed by atoms with Gasteiger partial charge in [-0.3, -0.25) is 0 Å². The zero-order valence-corrected chi connectivity index (χ0v) is 8.66. The van der Waals surface area contributed by atoms with E-state index in [-0.39, 0.29) is 0 Å². The molecule has 0 fully saturated rings. The van der Waals surface area contributed by atoms with Gasteiger partial charge in [-0.05, 0) is 6.92 Å². The lowest BCUT2D eigenvalue weighted by Crippen LogP contribution is -2.30. The molecule has 14 heavy (non-hydrogen) atoms. The normalized spacial score (nSPS) is 11.6. The van der Waals surface area contributed by atoms with Crippen molar-refractivity contribution < 1.29 is 18.7 Å². The Morgan fingerprint density at radius 3 is 2.71 bits per heavy atom. The first-order chi connectivity index (χ1) is 6.42. The lowest BCUT2D eigenvalue weighted by Gasteiger charge is -2.07. The maximum atomic E-state index is 12.6. The first-order valence-electron chi connectivity index (χ1n) is 3.46. The zero-order valence-electron chi connectivity index (χ0n) is 7.03. The summed E-state index contributed by atoms with van der Waals surface area (Å²) in [5.74, 6) is -6.66. The standard InChI is InChI=1S/C6H6F2N2O2S2/c1-3-9-10-5(14-3)13-2-6(7,8)4(11)12/h2H2,1H3,(H,11,12). The third kappa shape index (κ3) is 2.88. The Kier molecular flexibility index (Phi) is 3.38. The highest BCUT2D eigenvalue weighted by Crippen LogP contribution is 2.28. The van der Waals surface area contributed by atoms with Crippen LogP contribution in [0.3, 0.4) is 0 Å². The number of thioether (sulfide) groups is 1. The summed E-state index contributed by atoms with van der Waals surface area (Å²) in [5.41, 5.74) is 0. The highest BCUT2D eigenvalue weighted by Gasteiger charge is 2.39. The van der Waals surface area contributed by atoms with Crippen molar-refractivity contribution in [3.63, 3.8) is 0 Å². The molecule has 0 unspecified atom stereocenters. The molecule has 0 atom stereocenters. The van der Waals surface area contributed by atoms with Gasteiger partial charge in [-0.25, -0.2) is 4.79 Å². The van der Waals surface area contributed by atoms with Crippen LogP contribution in [0.4, 0.5) is 8.78 Å². The number of rotatable bonds is 4. The quantitative estimate of drug-likeness (QED) is 0.811. The molecule has 0 bridgehead atoms. The average molecular weight is 240 g/mol. The third-order valence-corrected chi connectivity index (χ3v) is 3.27. The number of aromatic nitrogens is 2. The monoisotopic (exact) mass is 240 g/mol. The highest BCUT2D eigenvalue weighted by atomic mass is 32.2. The fourth-order valence-electron chi connectivity index (χ4n) is 0.551. The van der Waals surface area contributed by atoms with E-state index >= 15 is 0 Å². The molecule has 8 heteroatoms. The van der Waals surface area contributed by atoms with Crippen LogP contribution in [0.25, 0.3) is 0 Å². The van der Waals surface area contributed by atoms with Gasteiger partial charge in [0.05, 0.1) is 5.75 Å². The smallest absolute Gasteiger partial charge is 0.375 e. The van der Waals surface area contributed by atoms with E-state index in [1.54, 1.807) is 6.92 Å². The largest absolute Gasteiger partial charge is 0.477 e. The Bertz CT molecular complexity index is 342. The number of aryl methyl sites for hydroxylation is 1. The van der Waals surface area contributed by atoms with Crippen LogP contribution in [0.2, 0.25) is 0 Å². The first-order valence-corrected chi connectivity index (χ1v) is 5.26. The molecule has 0 radical (unpaired) electrons. The predicted molar refractivity (Wildman–Crippen MR) is 48.0 cm³/mol. The van der Waals surface area contributed by atoms with Crippen LogP contribution < -0.4 is 0 Å². The van der Waals surface area contributed by atoms with E-state index in [2.05, 4.69) is 10.2 Å². The van der Waals surface area contributed by atoms with E-state index in [9.17, 15) is 13.6 Å². The van der Waals surface area contributed by atoms with E-state index in [0.29, 0.717) is 21.1 Å². The van der Waals surface area contributed by atoms with Crippen molar-refractivity contribution in [1.82, 2.24) is 10.2 Å². The van der Waals surface area contributed by atoms with Crippen molar-refractivity contribution in [2.24, 2.45) is 0 Å². The molecule has 0 aliphatic rings. The van der Waals surface area contributed by atoms with Crippen LogP contribution in [-0.4, -0.2) is 32.9 Å². The van der Waals surface area contributed by atoms with E-state index in [4.69, 9.17) is 5.11 Å². The van der Waals surface area contributed by atoms with Crippen LogP contribution in [0.5, 0.6) is 0 Å². The van der Waals surface area contributed by atoms with E-state index in [0.717, 1.165) is 11.3 Å². The first kappa shape index (κ1) is 11.3. The molecule has 0 spiro atoms. The zero-order chi connectivity index (χ0) is 10.8. The van der Waals surface area contributed by atoms with E-state index in [1.807, 2.05) is 0 Å². The van der Waals surface area contributed by atoms with Crippen LogP contribution in [0, 0.1) is 6.92 Å². The van der Waals surface area contributed by atoms with Crippen molar-refractivity contribution in [2.45, 2.75) is 17.2 Å². The van der Waals surface area contributed by atoms with Crippen LogP contribution in [-0.2, 0) is 4.79 Å². The molecule has 1 N–H and O–H groups in total. The lowest BCUT2D eigenvalue weighted by molar-refractivity contribution is -0.161. The molecule has 0 aromatic carbocycles. The summed E-state index contributed by atoms with van der Waals surface area (Å²) in [6, 6.07) is 0. The topological polar surface area (TPSA) is 63.1 Å². The fraction of sp³-hybridized carbons (Fsp3) is 0.500. The SMILES string of the molecule is Cc1nnc(SCC(F)(F)C(=O)O)s1. The maximum absolute atomic E-state index is 12.6. The number of carboxylic acid groups (broad SMARTS) is 1. The number of hydrogen-bond acceptors (Lipinski definition) is 5. The summed E-state index contributed by atoms with van der Waals surface area (Å²) in [6.45, 7) is 1.69. The number of carboxylic acids is 1. The second-order valence-electron chi connectivity index (χ2n) is 2.39. The molecule has 1 rings (SSSR count). The molecule has 4 nitrogen and oxygen atoms in total. The van der Waals surface area contributed by atoms with Crippen molar-refractivity contribution in [3.8, 4) is 0 Å². The summed E-state index contributed by atoms with van der Waals surface area (Å²) < 4.78 is 25.5. The number of hydrogen-bond donors (Lipinski definition) is 1. The Morgan fingerprint density at radius 2 is 2.29 bits per heavy atom. The van der Waals surface area contributed by atoms with E-state index < -0.39 is 17.6 Å². The van der Waals surface area contributed by atoms with Gasteiger partial charge < -0.3 is 5.11 Å². The second-order valence-corrected chi connectivity index (χ2v) is 4.79. The van der Waals surface area contributed by atoms with Gasteiger partial charge in [0.25, 0.3) is 0 Å². The number of nitrogens with zero attached hydrogens (tertiary/aromatic N) is 2. The number of aliphatic carboxylic acids is 1. The van der Waals surface area contributed by atoms with Crippen LogP contribution in [0.1, 0.15) is 5.01 Å². The van der Waals surface area contributed by atoms with Gasteiger partial charge in [0.1, 0.15) is 5.01 Å². The molecule has 1 heterocycles. The van der Waals surface area contributed by atoms with Crippen molar-refractivity contribution in [1.29, 1.82) is 0 Å². The lowest BCUT2D eigenvalue weighted by atomic mass is 10.4. The minimum Gasteiger partial charge on any atom is -0.477 e. The number of carbonyl (C=O) groups is 1. The summed E-state index contributed by atoms with van der Waals surface area (Å²) in [6.07, 6.45) is 0. The highest BCUT2D eigenvalue weighted by molar-refractivity contribution is 8.01. The molecule has 0 saturated carbocycles. The fourth-order valence-corrected chi connectivity index (χ4v) is 2.27. The number of alkyl halides is 2. The van der Waals surface area contributed by atoms with Gasteiger partial charge in [0, 0.05) is 0 Å². The summed E-state index contributed by atoms with van der Waals surface area (Å²) in [7, 11) is 0. The molecule has 0 aliphatic carbocycles. The average Bonchev–Trinajstić information content (AvgIpc) is 2.48. The Hall–Kier alpha value is -0.760.